The molecule has 2 N–H and O–H groups in total. The van der Waals surface area contributed by atoms with Gasteiger partial charge in [-0.2, -0.15) is 0 Å². The number of hydrogen-bond acceptors (Lipinski definition) is 3. The lowest BCUT2D eigenvalue weighted by Crippen LogP contribution is -2.39. The first-order chi connectivity index (χ1) is 11.5. The second kappa shape index (κ2) is 9.42. The van der Waals surface area contributed by atoms with E-state index < -0.39 is 0 Å². The third kappa shape index (κ3) is 6.32. The third-order valence-corrected chi connectivity index (χ3v) is 4.52. The molecule has 24 heavy (non-hydrogen) atoms. The van der Waals surface area contributed by atoms with Crippen LogP contribution in [0.5, 0.6) is 0 Å². The molecule has 0 bridgehead atoms. The molecule has 1 aromatic carbocycles. The molecule has 5 heteroatoms. The predicted octanol–water partition coefficient (Wildman–Crippen LogP) is 2.57. The Balaban J connectivity index is 1.65. The highest BCUT2D eigenvalue weighted by atomic mass is 16.2. The minimum absolute atomic E-state index is 0.0500. The van der Waals surface area contributed by atoms with E-state index in [4.69, 9.17) is 0 Å². The molecule has 132 valence electrons. The number of rotatable bonds is 7. The Kier molecular flexibility index (Phi) is 7.25. The quantitative estimate of drug-likeness (QED) is 0.755. The van der Waals surface area contributed by atoms with Crippen LogP contribution in [0.25, 0.3) is 0 Å². The SMILES string of the molecule is CC(=O)Nc1ccc(CC(=O)NCCCN2CCCCC2C)cc1. The number of piperidine rings is 1. The number of carbonyl (C=O) groups is 2. The Morgan fingerprint density at radius 1 is 1.21 bits per heavy atom. The molecule has 1 aromatic rings. The Bertz CT molecular complexity index is 542. The smallest absolute Gasteiger partial charge is 0.224 e. The van der Waals surface area contributed by atoms with E-state index in [0.717, 1.165) is 30.8 Å². The van der Waals surface area contributed by atoms with E-state index in [1.807, 2.05) is 24.3 Å². The lowest BCUT2D eigenvalue weighted by molar-refractivity contribution is -0.120. The highest BCUT2D eigenvalue weighted by Gasteiger charge is 2.17. The summed E-state index contributed by atoms with van der Waals surface area (Å²) in [5, 5.41) is 5.71. The zero-order chi connectivity index (χ0) is 17.4. The van der Waals surface area contributed by atoms with Crippen molar-refractivity contribution < 1.29 is 9.59 Å². The van der Waals surface area contributed by atoms with Gasteiger partial charge in [-0.3, -0.25) is 9.59 Å². The van der Waals surface area contributed by atoms with Gasteiger partial charge in [-0.05, 0) is 50.4 Å². The molecule has 5 nitrogen and oxygen atoms in total. The zero-order valence-corrected chi connectivity index (χ0v) is 14.8. The average Bonchev–Trinajstić information content (AvgIpc) is 2.54. The number of likely N-dealkylation sites (tertiary alicyclic amines) is 1. The molecule has 0 saturated carbocycles. The van der Waals surface area contributed by atoms with E-state index in [1.165, 1.54) is 32.7 Å². The maximum atomic E-state index is 12.0. The predicted molar refractivity (Wildman–Crippen MR) is 97.0 cm³/mol. The lowest BCUT2D eigenvalue weighted by atomic mass is 10.0. The van der Waals surface area contributed by atoms with Gasteiger partial charge in [-0.1, -0.05) is 18.6 Å². The third-order valence-electron chi connectivity index (χ3n) is 4.52. The molecule has 0 aliphatic carbocycles. The molecular weight excluding hydrogens is 302 g/mol. The Morgan fingerprint density at radius 2 is 1.96 bits per heavy atom. The van der Waals surface area contributed by atoms with E-state index in [9.17, 15) is 9.59 Å². The van der Waals surface area contributed by atoms with E-state index in [0.29, 0.717) is 12.5 Å². The highest BCUT2D eigenvalue weighted by Crippen LogP contribution is 2.16. The lowest BCUT2D eigenvalue weighted by Gasteiger charge is -2.33. The van der Waals surface area contributed by atoms with Crippen molar-refractivity contribution in [2.45, 2.75) is 52.0 Å². The van der Waals surface area contributed by atoms with Crippen LogP contribution in [0.1, 0.15) is 45.1 Å². The molecule has 1 fully saturated rings. The van der Waals surface area contributed by atoms with E-state index in [1.54, 1.807) is 0 Å². The van der Waals surface area contributed by atoms with Crippen molar-refractivity contribution in [3.05, 3.63) is 29.8 Å². The summed E-state index contributed by atoms with van der Waals surface area (Å²) in [7, 11) is 0. The van der Waals surface area contributed by atoms with Crippen molar-refractivity contribution in [2.75, 3.05) is 25.0 Å². The Labute approximate surface area is 144 Å². The molecule has 2 rings (SSSR count). The molecule has 1 aliphatic rings. The molecule has 1 saturated heterocycles. The fraction of sp³-hybridized carbons (Fsp3) is 0.579. The van der Waals surface area contributed by atoms with Crippen LogP contribution in [0.2, 0.25) is 0 Å². The van der Waals surface area contributed by atoms with Crippen molar-refractivity contribution in [2.24, 2.45) is 0 Å². The summed E-state index contributed by atoms with van der Waals surface area (Å²) >= 11 is 0. The van der Waals surface area contributed by atoms with Gasteiger partial charge in [0, 0.05) is 31.7 Å². The molecule has 1 atom stereocenters. The number of amides is 2. The molecule has 0 aromatic heterocycles. The number of nitrogens with zero attached hydrogens (tertiary/aromatic N) is 1. The monoisotopic (exact) mass is 331 g/mol. The van der Waals surface area contributed by atoms with E-state index in [-0.39, 0.29) is 11.8 Å². The van der Waals surface area contributed by atoms with Crippen molar-refractivity contribution >= 4 is 17.5 Å². The number of nitrogens with one attached hydrogen (secondary N) is 2. The van der Waals surface area contributed by atoms with Crippen LogP contribution < -0.4 is 10.6 Å². The van der Waals surface area contributed by atoms with Crippen molar-refractivity contribution in [1.29, 1.82) is 0 Å². The number of hydrogen-bond donors (Lipinski definition) is 2. The topological polar surface area (TPSA) is 61.4 Å². The van der Waals surface area contributed by atoms with Gasteiger partial charge in [0.15, 0.2) is 0 Å². The van der Waals surface area contributed by atoms with Gasteiger partial charge in [0.25, 0.3) is 0 Å². The molecule has 0 radical (unpaired) electrons. The second-order valence-electron chi connectivity index (χ2n) is 6.64. The van der Waals surface area contributed by atoms with Crippen LogP contribution in [-0.4, -0.2) is 42.4 Å². The molecule has 1 heterocycles. The minimum Gasteiger partial charge on any atom is -0.356 e. The fourth-order valence-electron chi connectivity index (χ4n) is 3.16. The van der Waals surface area contributed by atoms with Crippen LogP contribution in [0.3, 0.4) is 0 Å². The number of carbonyl (C=O) groups excluding carboxylic acids is 2. The summed E-state index contributed by atoms with van der Waals surface area (Å²) in [6.45, 7) is 6.75. The summed E-state index contributed by atoms with van der Waals surface area (Å²) in [5.41, 5.74) is 1.70. The van der Waals surface area contributed by atoms with Crippen LogP contribution >= 0.6 is 0 Å². The van der Waals surface area contributed by atoms with Crippen LogP contribution in [-0.2, 0) is 16.0 Å². The first-order valence-corrected chi connectivity index (χ1v) is 8.92. The molecule has 2 amide bonds. The van der Waals surface area contributed by atoms with Crippen molar-refractivity contribution in [3.8, 4) is 0 Å². The average molecular weight is 331 g/mol. The molecule has 1 aliphatic heterocycles. The summed E-state index contributed by atoms with van der Waals surface area (Å²) in [6, 6.07) is 8.07. The number of benzene rings is 1. The van der Waals surface area contributed by atoms with Crippen molar-refractivity contribution in [3.63, 3.8) is 0 Å². The maximum Gasteiger partial charge on any atom is 0.224 e. The fourth-order valence-corrected chi connectivity index (χ4v) is 3.16. The maximum absolute atomic E-state index is 12.0. The molecular formula is C19H29N3O2. The van der Waals surface area contributed by atoms with E-state index >= 15 is 0 Å². The second-order valence-corrected chi connectivity index (χ2v) is 6.64. The molecule has 0 spiro atoms. The summed E-state index contributed by atoms with van der Waals surface area (Å²) in [6.07, 6.45) is 5.30. The van der Waals surface area contributed by atoms with Gasteiger partial charge < -0.3 is 15.5 Å². The summed E-state index contributed by atoms with van der Waals surface area (Å²) in [5.74, 6) is -0.0440. The van der Waals surface area contributed by atoms with Gasteiger partial charge in [0.05, 0.1) is 6.42 Å². The Morgan fingerprint density at radius 3 is 2.62 bits per heavy atom. The summed E-state index contributed by atoms with van der Waals surface area (Å²) in [4.78, 5) is 25.5. The minimum atomic E-state index is -0.0940. The first kappa shape index (κ1) is 18.5. The standard InChI is InChI=1S/C19H29N3O2/c1-15-6-3-4-12-22(15)13-5-11-20-19(24)14-17-7-9-18(10-8-17)21-16(2)23/h7-10,15H,3-6,11-14H2,1-2H3,(H,20,24)(H,21,23). The number of anilines is 1. The van der Waals surface area contributed by atoms with Crippen LogP contribution in [0, 0.1) is 0 Å². The van der Waals surface area contributed by atoms with Gasteiger partial charge in [-0.15, -0.1) is 0 Å². The van der Waals surface area contributed by atoms with E-state index in [2.05, 4.69) is 22.5 Å². The Hall–Kier alpha value is -1.88. The molecule has 1 unspecified atom stereocenters. The van der Waals surface area contributed by atoms with Gasteiger partial charge in [0.2, 0.25) is 11.8 Å². The zero-order valence-electron chi connectivity index (χ0n) is 14.8. The van der Waals surface area contributed by atoms with Gasteiger partial charge in [-0.25, -0.2) is 0 Å². The van der Waals surface area contributed by atoms with Crippen LogP contribution in [0.4, 0.5) is 5.69 Å². The first-order valence-electron chi connectivity index (χ1n) is 8.92. The van der Waals surface area contributed by atoms with Crippen molar-refractivity contribution in [1.82, 2.24) is 10.2 Å². The van der Waals surface area contributed by atoms with Gasteiger partial charge in [0.1, 0.15) is 0 Å². The van der Waals surface area contributed by atoms with Crippen LogP contribution in [0.15, 0.2) is 24.3 Å². The largest absolute Gasteiger partial charge is 0.356 e. The van der Waals surface area contributed by atoms with Gasteiger partial charge >= 0.3 is 0 Å². The summed E-state index contributed by atoms with van der Waals surface area (Å²) < 4.78 is 0. The normalized spacial score (nSPS) is 18.2. The highest BCUT2D eigenvalue weighted by molar-refractivity contribution is 5.88.